The van der Waals surface area contributed by atoms with Crippen molar-refractivity contribution >= 4 is 12.4 Å². The number of fused-ring (bicyclic) bond motifs is 1. The SMILES string of the molecule is Cl.c1ccc2c(c1)CN(CC1CCNCC1)C2. The Morgan fingerprint density at radius 2 is 1.65 bits per heavy atom. The summed E-state index contributed by atoms with van der Waals surface area (Å²) in [6.07, 6.45) is 2.71. The van der Waals surface area contributed by atoms with E-state index >= 15 is 0 Å². The second kappa shape index (κ2) is 5.85. The highest BCUT2D eigenvalue weighted by Gasteiger charge is 2.22. The smallest absolute Gasteiger partial charge is 0.0240 e. The summed E-state index contributed by atoms with van der Waals surface area (Å²) in [6, 6.07) is 8.87. The Balaban J connectivity index is 0.00000108. The minimum atomic E-state index is 0. The minimum Gasteiger partial charge on any atom is -0.317 e. The highest BCUT2D eigenvalue weighted by atomic mass is 35.5. The first kappa shape index (κ1) is 12.9. The molecule has 1 aromatic rings. The van der Waals surface area contributed by atoms with Crippen LogP contribution in [0.5, 0.6) is 0 Å². The van der Waals surface area contributed by atoms with Crippen molar-refractivity contribution in [3.8, 4) is 0 Å². The molecule has 0 bridgehead atoms. The summed E-state index contributed by atoms with van der Waals surface area (Å²) in [5.74, 6) is 0.913. The maximum Gasteiger partial charge on any atom is 0.0240 e. The van der Waals surface area contributed by atoms with Gasteiger partial charge in [-0.05, 0) is 43.0 Å². The van der Waals surface area contributed by atoms with E-state index in [4.69, 9.17) is 0 Å². The zero-order valence-electron chi connectivity index (χ0n) is 10.2. The van der Waals surface area contributed by atoms with Gasteiger partial charge in [-0.25, -0.2) is 0 Å². The van der Waals surface area contributed by atoms with Gasteiger partial charge in [0, 0.05) is 19.6 Å². The zero-order valence-corrected chi connectivity index (χ0v) is 11.0. The van der Waals surface area contributed by atoms with Crippen LogP contribution in [0.15, 0.2) is 24.3 Å². The highest BCUT2D eigenvalue weighted by molar-refractivity contribution is 5.85. The third-order valence-corrected chi connectivity index (χ3v) is 3.88. The molecule has 0 aromatic heterocycles. The Hall–Kier alpha value is -0.570. The Labute approximate surface area is 110 Å². The monoisotopic (exact) mass is 252 g/mol. The second-order valence-corrected chi connectivity index (χ2v) is 5.13. The molecule has 1 N–H and O–H groups in total. The third-order valence-electron chi connectivity index (χ3n) is 3.88. The molecule has 0 spiro atoms. The molecule has 0 aliphatic carbocycles. The van der Waals surface area contributed by atoms with Crippen molar-refractivity contribution in [3.05, 3.63) is 35.4 Å². The van der Waals surface area contributed by atoms with E-state index in [1.165, 1.54) is 56.7 Å². The fourth-order valence-corrected chi connectivity index (χ4v) is 2.96. The summed E-state index contributed by atoms with van der Waals surface area (Å²) in [7, 11) is 0. The molecule has 2 aliphatic rings. The van der Waals surface area contributed by atoms with E-state index in [0.29, 0.717) is 0 Å². The fraction of sp³-hybridized carbons (Fsp3) is 0.571. The zero-order chi connectivity index (χ0) is 10.8. The summed E-state index contributed by atoms with van der Waals surface area (Å²) >= 11 is 0. The maximum atomic E-state index is 3.44. The normalized spacial score (nSPS) is 20.9. The van der Waals surface area contributed by atoms with Crippen molar-refractivity contribution in [1.29, 1.82) is 0 Å². The molecular weight excluding hydrogens is 232 g/mol. The molecular formula is C14H21ClN2. The predicted octanol–water partition coefficient (Wildman–Crippen LogP) is 2.42. The summed E-state index contributed by atoms with van der Waals surface area (Å²) in [4.78, 5) is 2.61. The minimum absolute atomic E-state index is 0. The highest BCUT2D eigenvalue weighted by Crippen LogP contribution is 2.24. The largest absolute Gasteiger partial charge is 0.317 e. The Kier molecular flexibility index (Phi) is 4.43. The number of rotatable bonds is 2. The lowest BCUT2D eigenvalue weighted by atomic mass is 9.98. The molecule has 1 saturated heterocycles. The van der Waals surface area contributed by atoms with Crippen LogP contribution in [-0.2, 0) is 13.1 Å². The van der Waals surface area contributed by atoms with Gasteiger partial charge in [0.15, 0.2) is 0 Å². The van der Waals surface area contributed by atoms with Crippen LogP contribution in [0, 0.1) is 5.92 Å². The van der Waals surface area contributed by atoms with Crippen molar-refractivity contribution in [2.45, 2.75) is 25.9 Å². The average Bonchev–Trinajstić information content (AvgIpc) is 2.72. The van der Waals surface area contributed by atoms with E-state index in [1.807, 2.05) is 0 Å². The van der Waals surface area contributed by atoms with Crippen LogP contribution in [0.1, 0.15) is 24.0 Å². The summed E-state index contributed by atoms with van der Waals surface area (Å²) in [5.41, 5.74) is 3.08. The van der Waals surface area contributed by atoms with E-state index in [1.54, 1.807) is 0 Å². The number of halogens is 1. The van der Waals surface area contributed by atoms with E-state index in [2.05, 4.69) is 34.5 Å². The lowest BCUT2D eigenvalue weighted by Crippen LogP contribution is -2.34. The average molecular weight is 253 g/mol. The second-order valence-electron chi connectivity index (χ2n) is 5.13. The van der Waals surface area contributed by atoms with Crippen molar-refractivity contribution in [2.24, 2.45) is 5.92 Å². The standard InChI is InChI=1S/C14H20N2.ClH/c1-2-4-14-11-16(10-13(14)3-1)9-12-5-7-15-8-6-12;/h1-4,12,15H,5-11H2;1H. The summed E-state index contributed by atoms with van der Waals surface area (Å²) in [6.45, 7) is 6.05. The Morgan fingerprint density at radius 3 is 2.24 bits per heavy atom. The maximum absolute atomic E-state index is 3.44. The molecule has 0 unspecified atom stereocenters. The van der Waals surface area contributed by atoms with E-state index in [-0.39, 0.29) is 12.4 Å². The lowest BCUT2D eigenvalue weighted by molar-refractivity contribution is 0.208. The number of nitrogens with zero attached hydrogens (tertiary/aromatic N) is 1. The summed E-state index contributed by atoms with van der Waals surface area (Å²) < 4.78 is 0. The van der Waals surface area contributed by atoms with Crippen molar-refractivity contribution in [2.75, 3.05) is 19.6 Å². The third kappa shape index (κ3) is 3.01. The van der Waals surface area contributed by atoms with Gasteiger partial charge < -0.3 is 5.32 Å². The van der Waals surface area contributed by atoms with Crippen molar-refractivity contribution in [1.82, 2.24) is 10.2 Å². The molecule has 0 saturated carbocycles. The fourth-order valence-electron chi connectivity index (χ4n) is 2.96. The molecule has 2 heterocycles. The Morgan fingerprint density at radius 1 is 1.06 bits per heavy atom. The van der Waals surface area contributed by atoms with Gasteiger partial charge in [0.25, 0.3) is 0 Å². The van der Waals surface area contributed by atoms with Gasteiger partial charge in [-0.3, -0.25) is 4.90 Å². The van der Waals surface area contributed by atoms with E-state index < -0.39 is 0 Å². The first-order valence-electron chi connectivity index (χ1n) is 6.41. The van der Waals surface area contributed by atoms with Crippen LogP contribution in [0.2, 0.25) is 0 Å². The van der Waals surface area contributed by atoms with Crippen LogP contribution in [0.4, 0.5) is 0 Å². The molecule has 0 radical (unpaired) electrons. The van der Waals surface area contributed by atoms with Gasteiger partial charge in [-0.2, -0.15) is 0 Å². The van der Waals surface area contributed by atoms with Crippen LogP contribution in [0.3, 0.4) is 0 Å². The van der Waals surface area contributed by atoms with E-state index in [0.717, 1.165) is 5.92 Å². The Bertz CT molecular complexity index is 336. The van der Waals surface area contributed by atoms with Gasteiger partial charge in [0.2, 0.25) is 0 Å². The number of nitrogens with one attached hydrogen (secondary N) is 1. The lowest BCUT2D eigenvalue weighted by Gasteiger charge is -2.27. The van der Waals surface area contributed by atoms with Gasteiger partial charge in [0.1, 0.15) is 0 Å². The van der Waals surface area contributed by atoms with E-state index in [9.17, 15) is 0 Å². The molecule has 0 amide bonds. The quantitative estimate of drug-likeness (QED) is 0.870. The summed E-state index contributed by atoms with van der Waals surface area (Å²) in [5, 5.41) is 3.44. The molecule has 17 heavy (non-hydrogen) atoms. The van der Waals surface area contributed by atoms with Crippen LogP contribution in [0.25, 0.3) is 0 Å². The molecule has 1 fully saturated rings. The molecule has 2 nitrogen and oxygen atoms in total. The van der Waals surface area contributed by atoms with Gasteiger partial charge in [-0.15, -0.1) is 12.4 Å². The molecule has 2 aliphatic heterocycles. The van der Waals surface area contributed by atoms with Crippen molar-refractivity contribution in [3.63, 3.8) is 0 Å². The molecule has 0 atom stereocenters. The van der Waals surface area contributed by atoms with Crippen molar-refractivity contribution < 1.29 is 0 Å². The first-order valence-corrected chi connectivity index (χ1v) is 6.41. The molecule has 3 heteroatoms. The molecule has 94 valence electrons. The van der Waals surface area contributed by atoms with Gasteiger partial charge in [-0.1, -0.05) is 24.3 Å². The number of piperidine rings is 1. The molecule has 3 rings (SSSR count). The van der Waals surface area contributed by atoms with Gasteiger partial charge >= 0.3 is 0 Å². The van der Waals surface area contributed by atoms with Gasteiger partial charge in [0.05, 0.1) is 0 Å². The van der Waals surface area contributed by atoms with Crippen LogP contribution in [-0.4, -0.2) is 24.5 Å². The van der Waals surface area contributed by atoms with Crippen LogP contribution >= 0.6 is 12.4 Å². The molecule has 1 aromatic carbocycles. The number of benzene rings is 1. The first-order chi connectivity index (χ1) is 7.92. The predicted molar refractivity (Wildman–Crippen MR) is 73.4 cm³/mol. The number of hydrogen-bond donors (Lipinski definition) is 1. The topological polar surface area (TPSA) is 15.3 Å². The number of hydrogen-bond acceptors (Lipinski definition) is 2. The van der Waals surface area contributed by atoms with Crippen LogP contribution < -0.4 is 5.32 Å².